The Morgan fingerprint density at radius 1 is 1.00 bits per heavy atom. The molecule has 0 saturated heterocycles. The highest BCUT2D eigenvalue weighted by molar-refractivity contribution is 5.32. The van der Waals surface area contributed by atoms with E-state index in [1.165, 1.54) is 12.1 Å². The van der Waals surface area contributed by atoms with Crippen molar-refractivity contribution < 1.29 is 13.2 Å². The summed E-state index contributed by atoms with van der Waals surface area (Å²) in [6.45, 7) is 4.86. The molecule has 1 nitrogen and oxygen atoms in total. The molecule has 0 heterocycles. The van der Waals surface area contributed by atoms with Gasteiger partial charge in [-0.1, -0.05) is 44.9 Å². The fourth-order valence-electron chi connectivity index (χ4n) is 3.01. The summed E-state index contributed by atoms with van der Waals surface area (Å²) in [5.41, 5.74) is 0.0348. The van der Waals surface area contributed by atoms with Crippen LogP contribution in [0, 0.1) is 0 Å². The number of nitrogens with one attached hydrogen (secondary N) is 1. The van der Waals surface area contributed by atoms with Crippen LogP contribution in [-0.4, -0.2) is 13.6 Å². The van der Waals surface area contributed by atoms with Crippen LogP contribution in [0.1, 0.15) is 50.7 Å². The van der Waals surface area contributed by atoms with Crippen LogP contribution in [0.15, 0.2) is 24.3 Å². The quantitative estimate of drug-likeness (QED) is 0.762. The molecule has 0 spiro atoms. The van der Waals surface area contributed by atoms with Crippen molar-refractivity contribution in [1.82, 2.24) is 5.32 Å². The van der Waals surface area contributed by atoms with E-state index >= 15 is 0 Å². The van der Waals surface area contributed by atoms with Gasteiger partial charge >= 0.3 is 6.18 Å². The second kappa shape index (κ2) is 7.11. The number of hydrogen-bond acceptors (Lipinski definition) is 1. The highest BCUT2D eigenvalue weighted by Crippen LogP contribution is 2.37. The summed E-state index contributed by atoms with van der Waals surface area (Å²) in [5, 5.41) is 3.15. The minimum Gasteiger partial charge on any atom is -0.319 e. The molecule has 0 fully saturated rings. The summed E-state index contributed by atoms with van der Waals surface area (Å²) in [6, 6.07) is 5.82. The maximum atomic E-state index is 12.9. The summed E-state index contributed by atoms with van der Waals surface area (Å²) in [6.07, 6.45) is -0.582. The summed E-state index contributed by atoms with van der Waals surface area (Å²) in [4.78, 5) is 0. The predicted octanol–water partition coefficient (Wildman–Crippen LogP) is 4.76. The molecule has 0 aliphatic carbocycles. The van der Waals surface area contributed by atoms with Crippen molar-refractivity contribution in [3.05, 3.63) is 35.4 Å². The lowest BCUT2D eigenvalue weighted by Gasteiger charge is -2.34. The third-order valence-electron chi connectivity index (χ3n) is 3.77. The molecule has 0 atom stereocenters. The van der Waals surface area contributed by atoms with Crippen LogP contribution in [0.3, 0.4) is 0 Å². The molecule has 0 amide bonds. The highest BCUT2D eigenvalue weighted by Gasteiger charge is 2.34. The lowest BCUT2D eigenvalue weighted by molar-refractivity contribution is -0.137. The Hall–Kier alpha value is -1.03. The molecule has 20 heavy (non-hydrogen) atoms. The molecule has 0 unspecified atom stereocenters. The average Bonchev–Trinajstić information content (AvgIpc) is 2.39. The number of likely N-dealkylation sites (N-methyl/N-ethyl adjacent to an activating group) is 1. The zero-order valence-corrected chi connectivity index (χ0v) is 12.5. The number of halogens is 3. The van der Waals surface area contributed by atoms with E-state index in [1.54, 1.807) is 0 Å². The van der Waals surface area contributed by atoms with Gasteiger partial charge in [0.05, 0.1) is 5.56 Å². The first-order valence-electron chi connectivity index (χ1n) is 7.22. The SMILES string of the molecule is CCCC(CCC)(CNC)c1cccc(C(F)(F)F)c1. The van der Waals surface area contributed by atoms with E-state index in [9.17, 15) is 13.2 Å². The lowest BCUT2D eigenvalue weighted by Crippen LogP contribution is -2.37. The van der Waals surface area contributed by atoms with Gasteiger partial charge in [-0.15, -0.1) is 0 Å². The lowest BCUT2D eigenvalue weighted by atomic mass is 9.73. The monoisotopic (exact) mass is 287 g/mol. The summed E-state index contributed by atoms with van der Waals surface area (Å²) < 4.78 is 38.7. The first kappa shape index (κ1) is 17.0. The van der Waals surface area contributed by atoms with Crippen molar-refractivity contribution in [1.29, 1.82) is 0 Å². The van der Waals surface area contributed by atoms with E-state index in [1.807, 2.05) is 13.1 Å². The molecule has 0 aromatic heterocycles. The second-order valence-electron chi connectivity index (χ2n) is 5.39. The molecule has 1 rings (SSSR count). The van der Waals surface area contributed by atoms with Crippen LogP contribution in [0.4, 0.5) is 13.2 Å². The molecular weight excluding hydrogens is 263 g/mol. The van der Waals surface area contributed by atoms with E-state index in [0.717, 1.165) is 37.3 Å². The van der Waals surface area contributed by atoms with Crippen molar-refractivity contribution in [3.8, 4) is 0 Å². The molecular formula is C16H24F3N. The minimum atomic E-state index is -4.28. The summed E-state index contributed by atoms with van der Waals surface area (Å²) >= 11 is 0. The van der Waals surface area contributed by atoms with Crippen LogP contribution >= 0.6 is 0 Å². The molecule has 4 heteroatoms. The Kier molecular flexibility index (Phi) is 6.06. The van der Waals surface area contributed by atoms with Gasteiger partial charge in [0.2, 0.25) is 0 Å². The summed E-state index contributed by atoms with van der Waals surface area (Å²) in [7, 11) is 1.85. The maximum Gasteiger partial charge on any atom is 0.416 e. The van der Waals surface area contributed by atoms with E-state index in [0.29, 0.717) is 6.54 Å². The standard InChI is InChI=1S/C16H24F3N/c1-4-9-15(10-5-2,12-20-3)13-7-6-8-14(11-13)16(17,18)19/h6-8,11,20H,4-5,9-10,12H2,1-3H3. The van der Waals surface area contributed by atoms with Crippen molar-refractivity contribution in [2.75, 3.05) is 13.6 Å². The van der Waals surface area contributed by atoms with Crippen molar-refractivity contribution in [2.24, 2.45) is 0 Å². The van der Waals surface area contributed by atoms with Crippen molar-refractivity contribution in [3.63, 3.8) is 0 Å². The minimum absolute atomic E-state index is 0.209. The van der Waals surface area contributed by atoms with Crippen molar-refractivity contribution >= 4 is 0 Å². The highest BCUT2D eigenvalue weighted by atomic mass is 19.4. The number of rotatable bonds is 7. The Balaban J connectivity index is 3.25. The van der Waals surface area contributed by atoms with E-state index in [4.69, 9.17) is 0 Å². The maximum absolute atomic E-state index is 12.9. The molecule has 114 valence electrons. The largest absolute Gasteiger partial charge is 0.416 e. The third-order valence-corrected chi connectivity index (χ3v) is 3.77. The molecule has 0 bridgehead atoms. The first-order chi connectivity index (χ1) is 9.39. The topological polar surface area (TPSA) is 12.0 Å². The van der Waals surface area contributed by atoms with Gasteiger partial charge in [0.1, 0.15) is 0 Å². The molecule has 0 aliphatic rings. The Morgan fingerprint density at radius 2 is 1.55 bits per heavy atom. The van der Waals surface area contributed by atoms with Crippen molar-refractivity contribution in [2.45, 2.75) is 51.1 Å². The van der Waals surface area contributed by atoms with Gasteiger partial charge < -0.3 is 5.32 Å². The second-order valence-corrected chi connectivity index (χ2v) is 5.39. The number of hydrogen-bond donors (Lipinski definition) is 1. The van der Waals surface area contributed by atoms with Crippen LogP contribution in [0.25, 0.3) is 0 Å². The van der Waals surface area contributed by atoms with Crippen LogP contribution < -0.4 is 5.32 Å². The Morgan fingerprint density at radius 3 is 2.00 bits per heavy atom. The molecule has 0 saturated carbocycles. The smallest absolute Gasteiger partial charge is 0.319 e. The third kappa shape index (κ3) is 3.98. The number of alkyl halides is 3. The molecule has 1 N–H and O–H groups in total. The average molecular weight is 287 g/mol. The van der Waals surface area contributed by atoms with E-state index in [-0.39, 0.29) is 5.41 Å². The molecule has 1 aromatic carbocycles. The van der Waals surface area contributed by atoms with Gasteiger partial charge in [-0.25, -0.2) is 0 Å². The van der Waals surface area contributed by atoms with Gasteiger partial charge in [0.15, 0.2) is 0 Å². The molecule has 1 aromatic rings. The summed E-state index contributed by atoms with van der Waals surface area (Å²) in [5.74, 6) is 0. The fourth-order valence-corrected chi connectivity index (χ4v) is 3.01. The zero-order valence-electron chi connectivity index (χ0n) is 12.5. The predicted molar refractivity (Wildman–Crippen MR) is 76.9 cm³/mol. The van der Waals surface area contributed by atoms with Gasteiger partial charge in [-0.3, -0.25) is 0 Å². The van der Waals surface area contributed by atoms with Crippen LogP contribution in [-0.2, 0) is 11.6 Å². The van der Waals surface area contributed by atoms with E-state index in [2.05, 4.69) is 19.2 Å². The molecule has 0 aliphatic heterocycles. The van der Waals surface area contributed by atoms with Crippen LogP contribution in [0.2, 0.25) is 0 Å². The normalized spacial score (nSPS) is 12.7. The molecule has 0 radical (unpaired) electrons. The van der Waals surface area contributed by atoms with Gasteiger partial charge in [-0.05, 0) is 31.5 Å². The Bertz CT molecular complexity index is 395. The first-order valence-corrected chi connectivity index (χ1v) is 7.22. The fraction of sp³-hybridized carbons (Fsp3) is 0.625. The van der Waals surface area contributed by atoms with Gasteiger partial charge in [0.25, 0.3) is 0 Å². The Labute approximate surface area is 119 Å². The van der Waals surface area contributed by atoms with Gasteiger partial charge in [0, 0.05) is 12.0 Å². The number of benzene rings is 1. The van der Waals surface area contributed by atoms with E-state index < -0.39 is 11.7 Å². The zero-order chi connectivity index (χ0) is 15.2. The van der Waals surface area contributed by atoms with Gasteiger partial charge in [-0.2, -0.15) is 13.2 Å². The van der Waals surface area contributed by atoms with Crippen LogP contribution in [0.5, 0.6) is 0 Å².